The second-order valence-electron chi connectivity index (χ2n) is 7.06. The van der Waals surface area contributed by atoms with E-state index < -0.39 is 0 Å². The molecule has 3 atom stereocenters. The number of benzene rings is 1. The molecule has 5 heteroatoms. The molecule has 2 aliphatic rings. The van der Waals surface area contributed by atoms with Gasteiger partial charge in [-0.1, -0.05) is 18.2 Å². The van der Waals surface area contributed by atoms with Crippen molar-refractivity contribution in [2.75, 3.05) is 13.1 Å². The van der Waals surface area contributed by atoms with E-state index in [0.717, 1.165) is 42.9 Å². The molecule has 1 aromatic carbocycles. The van der Waals surface area contributed by atoms with Crippen LogP contribution in [0.4, 0.5) is 0 Å². The molecule has 24 heavy (non-hydrogen) atoms. The highest BCUT2D eigenvalue weighted by Crippen LogP contribution is 2.40. The van der Waals surface area contributed by atoms with E-state index in [1.54, 1.807) is 4.68 Å². The van der Waals surface area contributed by atoms with Crippen molar-refractivity contribution in [3.63, 3.8) is 0 Å². The van der Waals surface area contributed by atoms with E-state index in [9.17, 15) is 4.79 Å². The Kier molecular flexibility index (Phi) is 3.79. The van der Waals surface area contributed by atoms with Crippen molar-refractivity contribution in [3.8, 4) is 5.75 Å². The molecule has 2 aromatic rings. The summed E-state index contributed by atoms with van der Waals surface area (Å²) in [4.78, 5) is 14.7. The highest BCUT2D eigenvalue weighted by Gasteiger charge is 2.43. The quantitative estimate of drug-likeness (QED) is 0.871. The maximum Gasteiger partial charge on any atom is 0.257 e. The maximum atomic E-state index is 12.7. The number of likely N-dealkylation sites (tertiary alicyclic amines) is 1. The predicted octanol–water partition coefficient (Wildman–Crippen LogP) is 2.66. The van der Waals surface area contributed by atoms with Crippen molar-refractivity contribution in [3.05, 3.63) is 47.8 Å². The summed E-state index contributed by atoms with van der Waals surface area (Å²) in [6, 6.07) is 10.0. The fraction of sp³-hybridized carbons (Fsp3) is 0.474. The molecule has 1 saturated heterocycles. The van der Waals surface area contributed by atoms with Gasteiger partial charge >= 0.3 is 0 Å². The zero-order chi connectivity index (χ0) is 16.7. The summed E-state index contributed by atoms with van der Waals surface area (Å²) in [6.45, 7) is 3.58. The van der Waals surface area contributed by atoms with Crippen LogP contribution in [0.2, 0.25) is 0 Å². The summed E-state index contributed by atoms with van der Waals surface area (Å²) in [5, 5.41) is 4.28. The van der Waals surface area contributed by atoms with Crippen molar-refractivity contribution < 1.29 is 9.53 Å². The SMILES string of the molecule is Cc1nn(C)cc1C(=O)N1C[C@H]2CC(Oc3ccccc3)C[C@H]2C1. The molecule has 1 amide bonds. The summed E-state index contributed by atoms with van der Waals surface area (Å²) in [7, 11) is 1.86. The number of aromatic nitrogens is 2. The summed E-state index contributed by atoms with van der Waals surface area (Å²) in [6.07, 6.45) is 4.18. The van der Waals surface area contributed by atoms with Crippen LogP contribution in [0.1, 0.15) is 28.9 Å². The Morgan fingerprint density at radius 3 is 2.42 bits per heavy atom. The van der Waals surface area contributed by atoms with Gasteiger partial charge in [0.2, 0.25) is 0 Å². The van der Waals surface area contributed by atoms with Gasteiger partial charge in [0.05, 0.1) is 17.4 Å². The zero-order valence-corrected chi connectivity index (χ0v) is 14.2. The number of ether oxygens (including phenoxy) is 1. The Morgan fingerprint density at radius 1 is 1.17 bits per heavy atom. The zero-order valence-electron chi connectivity index (χ0n) is 14.2. The summed E-state index contributed by atoms with van der Waals surface area (Å²) in [5.41, 5.74) is 1.54. The molecule has 1 unspecified atom stereocenters. The number of carbonyl (C=O) groups is 1. The third-order valence-electron chi connectivity index (χ3n) is 5.28. The van der Waals surface area contributed by atoms with E-state index in [1.807, 2.05) is 55.4 Å². The first-order chi connectivity index (χ1) is 11.6. The number of carbonyl (C=O) groups excluding carboxylic acids is 1. The molecule has 1 saturated carbocycles. The standard InChI is InChI=1S/C19H23N3O2/c1-13-18(12-21(2)20-13)19(23)22-10-14-8-17(9-15(14)11-22)24-16-6-4-3-5-7-16/h3-7,12,14-15,17H,8-11H2,1-2H3/t14-,15+,17?. The molecular formula is C19H23N3O2. The Bertz CT molecular complexity index is 726. The molecule has 1 aliphatic heterocycles. The van der Waals surface area contributed by atoms with E-state index in [1.165, 1.54) is 0 Å². The average molecular weight is 325 g/mol. The van der Waals surface area contributed by atoms with Crippen molar-refractivity contribution in [1.82, 2.24) is 14.7 Å². The Hall–Kier alpha value is -2.30. The predicted molar refractivity (Wildman–Crippen MR) is 90.9 cm³/mol. The van der Waals surface area contributed by atoms with Gasteiger partial charge in [-0.15, -0.1) is 0 Å². The van der Waals surface area contributed by atoms with Gasteiger partial charge < -0.3 is 9.64 Å². The highest BCUT2D eigenvalue weighted by atomic mass is 16.5. The number of nitrogens with zero attached hydrogens (tertiary/aromatic N) is 3. The first kappa shape index (κ1) is 15.2. The van der Waals surface area contributed by atoms with E-state index in [2.05, 4.69) is 5.10 Å². The summed E-state index contributed by atoms with van der Waals surface area (Å²) in [5.74, 6) is 2.18. The van der Waals surface area contributed by atoms with E-state index in [0.29, 0.717) is 11.8 Å². The highest BCUT2D eigenvalue weighted by molar-refractivity contribution is 5.95. The van der Waals surface area contributed by atoms with Crippen molar-refractivity contribution in [1.29, 1.82) is 0 Å². The minimum absolute atomic E-state index is 0.121. The number of hydrogen-bond acceptors (Lipinski definition) is 3. The molecule has 5 nitrogen and oxygen atoms in total. The van der Waals surface area contributed by atoms with Crippen LogP contribution >= 0.6 is 0 Å². The van der Waals surface area contributed by atoms with E-state index in [-0.39, 0.29) is 12.0 Å². The first-order valence-corrected chi connectivity index (χ1v) is 8.61. The van der Waals surface area contributed by atoms with Gasteiger partial charge in [0.15, 0.2) is 0 Å². The van der Waals surface area contributed by atoms with Crippen LogP contribution in [-0.2, 0) is 7.05 Å². The minimum Gasteiger partial charge on any atom is -0.490 e. The molecule has 126 valence electrons. The molecule has 4 rings (SSSR count). The van der Waals surface area contributed by atoms with Gasteiger partial charge in [0.25, 0.3) is 5.91 Å². The largest absolute Gasteiger partial charge is 0.490 e. The molecule has 1 aromatic heterocycles. The first-order valence-electron chi connectivity index (χ1n) is 8.61. The number of fused-ring (bicyclic) bond motifs is 1. The smallest absolute Gasteiger partial charge is 0.257 e. The van der Waals surface area contributed by atoms with Crippen LogP contribution in [0.5, 0.6) is 5.75 Å². The van der Waals surface area contributed by atoms with Gasteiger partial charge in [0.1, 0.15) is 5.75 Å². The van der Waals surface area contributed by atoms with Gasteiger partial charge in [0, 0.05) is 26.3 Å². The van der Waals surface area contributed by atoms with Gasteiger partial charge in [-0.05, 0) is 43.7 Å². The van der Waals surface area contributed by atoms with E-state index >= 15 is 0 Å². The molecule has 0 N–H and O–H groups in total. The lowest BCUT2D eigenvalue weighted by molar-refractivity contribution is 0.0769. The molecular weight excluding hydrogens is 302 g/mol. The third kappa shape index (κ3) is 2.79. The third-order valence-corrected chi connectivity index (χ3v) is 5.28. The lowest BCUT2D eigenvalue weighted by atomic mass is 10.0. The number of amides is 1. The fourth-order valence-corrected chi connectivity index (χ4v) is 4.18. The number of para-hydroxylation sites is 1. The van der Waals surface area contributed by atoms with Gasteiger partial charge in [-0.25, -0.2) is 0 Å². The molecule has 2 heterocycles. The van der Waals surface area contributed by atoms with E-state index in [4.69, 9.17) is 4.74 Å². The van der Waals surface area contributed by atoms with Crippen molar-refractivity contribution >= 4 is 5.91 Å². The molecule has 0 radical (unpaired) electrons. The second kappa shape index (κ2) is 5.96. The monoisotopic (exact) mass is 325 g/mol. The van der Waals surface area contributed by atoms with Crippen LogP contribution in [0.15, 0.2) is 36.5 Å². The second-order valence-corrected chi connectivity index (χ2v) is 7.06. The maximum absolute atomic E-state index is 12.7. The van der Waals surface area contributed by atoms with Crippen LogP contribution < -0.4 is 4.74 Å². The Labute approximate surface area is 142 Å². The van der Waals surface area contributed by atoms with Crippen molar-refractivity contribution in [2.45, 2.75) is 25.9 Å². The Morgan fingerprint density at radius 2 is 1.83 bits per heavy atom. The lowest BCUT2D eigenvalue weighted by Gasteiger charge is -2.20. The molecule has 2 fully saturated rings. The van der Waals surface area contributed by atoms with Crippen molar-refractivity contribution in [2.24, 2.45) is 18.9 Å². The molecule has 1 aliphatic carbocycles. The fourth-order valence-electron chi connectivity index (χ4n) is 4.18. The van der Waals surface area contributed by atoms with Crippen LogP contribution in [0.3, 0.4) is 0 Å². The lowest BCUT2D eigenvalue weighted by Crippen LogP contribution is -2.31. The molecule has 0 bridgehead atoms. The van der Waals surface area contributed by atoms with Crippen LogP contribution in [0, 0.1) is 18.8 Å². The Balaban J connectivity index is 1.37. The van der Waals surface area contributed by atoms with Crippen LogP contribution in [-0.4, -0.2) is 39.8 Å². The van der Waals surface area contributed by atoms with Crippen LogP contribution in [0.25, 0.3) is 0 Å². The number of hydrogen-bond donors (Lipinski definition) is 0. The average Bonchev–Trinajstić information content (AvgIpc) is 3.20. The number of aryl methyl sites for hydroxylation is 2. The van der Waals surface area contributed by atoms with Gasteiger partial charge in [-0.2, -0.15) is 5.10 Å². The topological polar surface area (TPSA) is 47.4 Å². The molecule has 0 spiro atoms. The summed E-state index contributed by atoms with van der Waals surface area (Å²) < 4.78 is 7.81. The minimum atomic E-state index is 0.121. The summed E-state index contributed by atoms with van der Waals surface area (Å²) >= 11 is 0. The normalized spacial score (nSPS) is 25.8. The number of rotatable bonds is 3. The van der Waals surface area contributed by atoms with Gasteiger partial charge in [-0.3, -0.25) is 9.48 Å².